The summed E-state index contributed by atoms with van der Waals surface area (Å²) in [4.78, 5) is 10.6. The fraction of sp³-hybridized carbons (Fsp3) is 0.273. The number of nitrogens with one attached hydrogen (secondary N) is 1. The SMILES string of the molecule is CCOc1cc(/C=N\NC(C)=O)cc(Br)c1O. The van der Waals surface area contributed by atoms with E-state index in [2.05, 4.69) is 26.5 Å². The van der Waals surface area contributed by atoms with E-state index in [0.717, 1.165) is 0 Å². The summed E-state index contributed by atoms with van der Waals surface area (Å²) in [7, 11) is 0. The minimum Gasteiger partial charge on any atom is -0.503 e. The molecule has 0 saturated carbocycles. The van der Waals surface area contributed by atoms with E-state index >= 15 is 0 Å². The first-order chi connectivity index (χ1) is 8.04. The molecule has 6 heteroatoms. The number of carbonyl (C=O) groups excluding carboxylic acids is 1. The zero-order valence-corrected chi connectivity index (χ0v) is 11.1. The molecular formula is C11H13BrN2O3. The number of benzene rings is 1. The fourth-order valence-corrected chi connectivity index (χ4v) is 1.59. The van der Waals surface area contributed by atoms with Crippen LogP contribution in [0.25, 0.3) is 0 Å². The lowest BCUT2D eigenvalue weighted by Crippen LogP contribution is -2.12. The lowest BCUT2D eigenvalue weighted by atomic mass is 10.2. The van der Waals surface area contributed by atoms with Crippen molar-refractivity contribution >= 4 is 28.1 Å². The van der Waals surface area contributed by atoms with Gasteiger partial charge < -0.3 is 9.84 Å². The molecule has 92 valence electrons. The molecule has 0 fully saturated rings. The van der Waals surface area contributed by atoms with Crippen molar-refractivity contribution in [3.05, 3.63) is 22.2 Å². The number of phenols is 1. The molecule has 17 heavy (non-hydrogen) atoms. The number of amides is 1. The molecule has 0 aliphatic heterocycles. The Balaban J connectivity index is 2.93. The summed E-state index contributed by atoms with van der Waals surface area (Å²) >= 11 is 3.21. The smallest absolute Gasteiger partial charge is 0.236 e. The summed E-state index contributed by atoms with van der Waals surface area (Å²) < 4.78 is 5.76. The lowest BCUT2D eigenvalue weighted by molar-refractivity contribution is -0.118. The Morgan fingerprint density at radius 3 is 2.94 bits per heavy atom. The number of nitrogens with zero attached hydrogens (tertiary/aromatic N) is 1. The third kappa shape index (κ3) is 4.07. The molecule has 1 aromatic rings. The van der Waals surface area contributed by atoms with E-state index in [0.29, 0.717) is 22.4 Å². The number of hydrogen-bond donors (Lipinski definition) is 2. The maximum absolute atomic E-state index is 10.6. The third-order valence-electron chi connectivity index (χ3n) is 1.79. The average molecular weight is 301 g/mol. The molecule has 1 aromatic carbocycles. The Bertz CT molecular complexity index is 447. The normalized spacial score (nSPS) is 10.5. The van der Waals surface area contributed by atoms with Crippen LogP contribution in [0.1, 0.15) is 19.4 Å². The molecule has 0 atom stereocenters. The highest BCUT2D eigenvalue weighted by Crippen LogP contribution is 2.34. The van der Waals surface area contributed by atoms with Crippen LogP contribution in [-0.4, -0.2) is 23.8 Å². The minimum absolute atomic E-state index is 0.0449. The highest BCUT2D eigenvalue weighted by molar-refractivity contribution is 9.10. The molecule has 1 amide bonds. The van der Waals surface area contributed by atoms with Crippen molar-refractivity contribution in [1.29, 1.82) is 0 Å². The van der Waals surface area contributed by atoms with Gasteiger partial charge in [-0.25, -0.2) is 5.43 Å². The molecule has 0 aromatic heterocycles. The Morgan fingerprint density at radius 1 is 1.65 bits per heavy atom. The Morgan fingerprint density at radius 2 is 2.35 bits per heavy atom. The van der Waals surface area contributed by atoms with E-state index in [4.69, 9.17) is 4.74 Å². The molecule has 0 spiro atoms. The van der Waals surface area contributed by atoms with Crippen LogP contribution in [0.15, 0.2) is 21.7 Å². The van der Waals surface area contributed by atoms with Gasteiger partial charge in [-0.3, -0.25) is 4.79 Å². The van der Waals surface area contributed by atoms with E-state index in [9.17, 15) is 9.90 Å². The van der Waals surface area contributed by atoms with Crippen molar-refractivity contribution in [2.24, 2.45) is 5.10 Å². The van der Waals surface area contributed by atoms with E-state index in [1.54, 1.807) is 12.1 Å². The molecular weight excluding hydrogens is 288 g/mol. The van der Waals surface area contributed by atoms with Crippen molar-refractivity contribution in [3.8, 4) is 11.5 Å². The first kappa shape index (κ1) is 13.5. The standard InChI is InChI=1S/C11H13BrN2O3/c1-3-17-10-5-8(4-9(12)11(10)16)6-13-14-7(2)15/h4-6,16H,3H2,1-2H3,(H,14,15)/b13-6-. The van der Waals surface area contributed by atoms with E-state index in [1.165, 1.54) is 13.1 Å². The summed E-state index contributed by atoms with van der Waals surface area (Å²) in [5.74, 6) is 0.166. The first-order valence-corrected chi connectivity index (χ1v) is 5.78. The maximum Gasteiger partial charge on any atom is 0.236 e. The zero-order valence-electron chi connectivity index (χ0n) is 9.53. The Hall–Kier alpha value is -1.56. The van der Waals surface area contributed by atoms with Gasteiger partial charge in [0.25, 0.3) is 0 Å². The Labute approximate surface area is 108 Å². The van der Waals surface area contributed by atoms with Gasteiger partial charge in [0.15, 0.2) is 11.5 Å². The van der Waals surface area contributed by atoms with Crippen LogP contribution in [0, 0.1) is 0 Å². The van der Waals surface area contributed by atoms with Crippen molar-refractivity contribution in [1.82, 2.24) is 5.43 Å². The van der Waals surface area contributed by atoms with Crippen molar-refractivity contribution in [2.45, 2.75) is 13.8 Å². The predicted octanol–water partition coefficient (Wildman–Crippen LogP) is 2.02. The molecule has 1 rings (SSSR count). The van der Waals surface area contributed by atoms with Gasteiger partial charge in [-0.05, 0) is 40.5 Å². The highest BCUT2D eigenvalue weighted by Gasteiger charge is 2.08. The van der Waals surface area contributed by atoms with Crippen LogP contribution in [0.2, 0.25) is 0 Å². The lowest BCUT2D eigenvalue weighted by Gasteiger charge is -2.08. The third-order valence-corrected chi connectivity index (χ3v) is 2.39. The zero-order chi connectivity index (χ0) is 12.8. The second kappa shape index (κ2) is 6.24. The van der Waals surface area contributed by atoms with Crippen LogP contribution < -0.4 is 10.2 Å². The number of halogens is 1. The molecule has 0 bridgehead atoms. The van der Waals surface area contributed by atoms with Gasteiger partial charge in [0.2, 0.25) is 5.91 Å². The number of ether oxygens (including phenoxy) is 1. The molecule has 2 N–H and O–H groups in total. The van der Waals surface area contributed by atoms with Crippen molar-refractivity contribution < 1.29 is 14.6 Å². The molecule has 0 unspecified atom stereocenters. The second-order valence-electron chi connectivity index (χ2n) is 3.21. The van der Waals surface area contributed by atoms with Crippen LogP contribution in [-0.2, 0) is 4.79 Å². The van der Waals surface area contributed by atoms with Gasteiger partial charge in [-0.2, -0.15) is 5.10 Å². The van der Waals surface area contributed by atoms with Crippen molar-refractivity contribution in [3.63, 3.8) is 0 Å². The van der Waals surface area contributed by atoms with Gasteiger partial charge >= 0.3 is 0 Å². The van der Waals surface area contributed by atoms with Crippen LogP contribution in [0.4, 0.5) is 0 Å². The van der Waals surface area contributed by atoms with Crippen LogP contribution in [0.5, 0.6) is 11.5 Å². The topological polar surface area (TPSA) is 70.9 Å². The molecule has 5 nitrogen and oxygen atoms in total. The fourth-order valence-electron chi connectivity index (χ4n) is 1.13. The number of rotatable bonds is 4. The highest BCUT2D eigenvalue weighted by atomic mass is 79.9. The first-order valence-electron chi connectivity index (χ1n) is 4.99. The average Bonchev–Trinajstić information content (AvgIpc) is 2.25. The Kier molecular flexibility index (Phi) is 4.96. The van der Waals surface area contributed by atoms with E-state index < -0.39 is 0 Å². The number of hydrazone groups is 1. The van der Waals surface area contributed by atoms with Crippen LogP contribution >= 0.6 is 15.9 Å². The number of hydrogen-bond acceptors (Lipinski definition) is 4. The summed E-state index contributed by atoms with van der Waals surface area (Å²) in [6.07, 6.45) is 1.47. The largest absolute Gasteiger partial charge is 0.503 e. The maximum atomic E-state index is 10.6. The van der Waals surface area contributed by atoms with Gasteiger partial charge in [0, 0.05) is 6.92 Å². The van der Waals surface area contributed by atoms with Crippen LogP contribution in [0.3, 0.4) is 0 Å². The van der Waals surface area contributed by atoms with Gasteiger partial charge in [-0.15, -0.1) is 0 Å². The van der Waals surface area contributed by atoms with Gasteiger partial charge in [0.1, 0.15) is 0 Å². The van der Waals surface area contributed by atoms with E-state index in [1.807, 2.05) is 6.92 Å². The molecule has 0 saturated heterocycles. The molecule has 0 radical (unpaired) electrons. The van der Waals surface area contributed by atoms with Crippen molar-refractivity contribution in [2.75, 3.05) is 6.61 Å². The monoisotopic (exact) mass is 300 g/mol. The second-order valence-corrected chi connectivity index (χ2v) is 4.06. The number of carbonyl (C=O) groups is 1. The summed E-state index contributed by atoms with van der Waals surface area (Å²) in [6, 6.07) is 3.30. The summed E-state index contributed by atoms with van der Waals surface area (Å²) in [6.45, 7) is 3.65. The van der Waals surface area contributed by atoms with E-state index in [-0.39, 0.29) is 11.7 Å². The number of phenolic OH excluding ortho intramolecular Hbond substituents is 1. The molecule has 0 aliphatic rings. The minimum atomic E-state index is -0.246. The molecule has 0 heterocycles. The quantitative estimate of drug-likeness (QED) is 0.660. The van der Waals surface area contributed by atoms with Gasteiger partial charge in [0.05, 0.1) is 17.3 Å². The summed E-state index contributed by atoms with van der Waals surface area (Å²) in [5.41, 5.74) is 2.99. The number of aromatic hydroxyl groups is 1. The summed E-state index contributed by atoms with van der Waals surface area (Å²) in [5, 5.41) is 13.4. The molecule has 0 aliphatic carbocycles. The van der Waals surface area contributed by atoms with Gasteiger partial charge in [-0.1, -0.05) is 0 Å². The predicted molar refractivity (Wildman–Crippen MR) is 68.4 cm³/mol.